The Kier molecular flexibility index (Phi) is 7.27. The minimum absolute atomic E-state index is 0.0303. The highest BCUT2D eigenvalue weighted by Gasteiger charge is 2.25. The summed E-state index contributed by atoms with van der Waals surface area (Å²) >= 11 is 1.40. The Hall–Kier alpha value is -3.72. The third kappa shape index (κ3) is 5.41. The van der Waals surface area contributed by atoms with Crippen molar-refractivity contribution in [3.05, 3.63) is 88.9 Å². The minimum Gasteiger partial charge on any atom is -0.493 e. The van der Waals surface area contributed by atoms with Crippen LogP contribution in [0.5, 0.6) is 17.2 Å². The summed E-state index contributed by atoms with van der Waals surface area (Å²) < 4.78 is 11.9. The van der Waals surface area contributed by atoms with E-state index in [4.69, 9.17) is 9.47 Å². The summed E-state index contributed by atoms with van der Waals surface area (Å²) in [4.78, 5) is 16.7. The number of aliphatic hydroxyl groups is 1. The molecule has 0 spiro atoms. The SMILES string of the molecule is COc1cc2c(cc1Oc1ccc(-c3ccc(CO)cc3)cc1)C(CC(=O)Nc1nccs1)NCC2. The van der Waals surface area contributed by atoms with Gasteiger partial charge in [-0.15, -0.1) is 11.3 Å². The highest BCUT2D eigenvalue weighted by atomic mass is 32.1. The van der Waals surface area contributed by atoms with E-state index in [0.29, 0.717) is 28.8 Å². The molecular weight excluding hydrogens is 474 g/mol. The maximum Gasteiger partial charge on any atom is 0.228 e. The molecule has 1 amide bonds. The molecule has 36 heavy (non-hydrogen) atoms. The molecule has 1 aliphatic heterocycles. The van der Waals surface area contributed by atoms with E-state index in [2.05, 4.69) is 15.6 Å². The smallest absolute Gasteiger partial charge is 0.228 e. The summed E-state index contributed by atoms with van der Waals surface area (Å²) in [5, 5.41) is 18.0. The molecule has 0 saturated carbocycles. The zero-order chi connectivity index (χ0) is 24.9. The van der Waals surface area contributed by atoms with Gasteiger partial charge in [-0.2, -0.15) is 0 Å². The molecule has 3 aromatic carbocycles. The average Bonchev–Trinajstić information content (AvgIpc) is 3.42. The normalized spacial score (nSPS) is 14.7. The van der Waals surface area contributed by atoms with Crippen LogP contribution in [0.4, 0.5) is 5.13 Å². The van der Waals surface area contributed by atoms with Crippen LogP contribution >= 0.6 is 11.3 Å². The first-order valence-electron chi connectivity index (χ1n) is 11.7. The van der Waals surface area contributed by atoms with Crippen molar-refractivity contribution in [1.29, 1.82) is 0 Å². The van der Waals surface area contributed by atoms with Crippen molar-refractivity contribution >= 4 is 22.4 Å². The Morgan fingerprint density at radius 3 is 2.53 bits per heavy atom. The molecule has 1 aliphatic rings. The number of carbonyl (C=O) groups is 1. The number of nitrogens with one attached hydrogen (secondary N) is 2. The van der Waals surface area contributed by atoms with Crippen molar-refractivity contribution in [2.45, 2.75) is 25.5 Å². The molecule has 1 atom stereocenters. The summed E-state index contributed by atoms with van der Waals surface area (Å²) in [6, 6.07) is 19.5. The number of methoxy groups -OCH3 is 1. The van der Waals surface area contributed by atoms with Gasteiger partial charge in [-0.1, -0.05) is 36.4 Å². The van der Waals surface area contributed by atoms with Crippen LogP contribution < -0.4 is 20.1 Å². The Morgan fingerprint density at radius 1 is 1.11 bits per heavy atom. The zero-order valence-corrected chi connectivity index (χ0v) is 20.7. The number of hydrogen-bond donors (Lipinski definition) is 3. The van der Waals surface area contributed by atoms with Crippen LogP contribution in [0.15, 0.2) is 72.2 Å². The number of aromatic nitrogens is 1. The number of benzene rings is 3. The molecule has 0 saturated heterocycles. The van der Waals surface area contributed by atoms with Gasteiger partial charge in [0.2, 0.25) is 5.91 Å². The summed E-state index contributed by atoms with van der Waals surface area (Å²) in [5.41, 5.74) is 5.18. The summed E-state index contributed by atoms with van der Waals surface area (Å²) in [6.45, 7) is 0.814. The molecule has 0 radical (unpaired) electrons. The van der Waals surface area contributed by atoms with Crippen LogP contribution in [0.3, 0.4) is 0 Å². The maximum atomic E-state index is 12.6. The van der Waals surface area contributed by atoms with Crippen molar-refractivity contribution in [1.82, 2.24) is 10.3 Å². The van der Waals surface area contributed by atoms with Gasteiger partial charge < -0.3 is 25.2 Å². The standard InChI is InChI=1S/C28H27N3O4S/c1-34-25-14-21-10-11-29-24(16-27(33)31-28-30-12-13-36-28)23(21)15-26(25)35-22-8-6-20(7-9-22)19-4-2-18(17-32)3-5-19/h2-9,12-15,24,29,32H,10-11,16-17H2,1H3,(H,30,31,33). The van der Waals surface area contributed by atoms with E-state index in [1.54, 1.807) is 13.3 Å². The molecule has 5 rings (SSSR count). The largest absolute Gasteiger partial charge is 0.493 e. The third-order valence-electron chi connectivity index (χ3n) is 6.21. The van der Waals surface area contributed by atoms with Crippen LogP contribution in [-0.2, 0) is 17.8 Å². The number of thiazole rings is 1. The van der Waals surface area contributed by atoms with E-state index in [1.807, 2.05) is 66.0 Å². The van der Waals surface area contributed by atoms with Gasteiger partial charge >= 0.3 is 0 Å². The molecule has 1 aromatic heterocycles. The van der Waals surface area contributed by atoms with Gasteiger partial charge in [0.15, 0.2) is 16.6 Å². The fourth-order valence-corrected chi connectivity index (χ4v) is 4.90. The number of aliphatic hydroxyl groups excluding tert-OH is 1. The molecular formula is C28H27N3O4S. The molecule has 1 unspecified atom stereocenters. The first-order chi connectivity index (χ1) is 17.6. The van der Waals surface area contributed by atoms with Gasteiger partial charge in [-0.25, -0.2) is 4.98 Å². The molecule has 0 fully saturated rings. The van der Waals surface area contributed by atoms with Crippen molar-refractivity contribution < 1.29 is 19.4 Å². The molecule has 8 heteroatoms. The van der Waals surface area contributed by atoms with E-state index in [9.17, 15) is 9.90 Å². The fraction of sp³-hybridized carbons (Fsp3) is 0.214. The lowest BCUT2D eigenvalue weighted by Crippen LogP contribution is -2.32. The van der Waals surface area contributed by atoms with Crippen molar-refractivity contribution in [3.8, 4) is 28.4 Å². The lowest BCUT2D eigenvalue weighted by molar-refractivity contribution is -0.116. The number of anilines is 1. The van der Waals surface area contributed by atoms with E-state index in [-0.39, 0.29) is 18.6 Å². The average molecular weight is 502 g/mol. The zero-order valence-electron chi connectivity index (χ0n) is 19.9. The number of nitrogens with zero attached hydrogens (tertiary/aromatic N) is 1. The Bertz CT molecular complexity index is 1320. The number of rotatable bonds is 8. The topological polar surface area (TPSA) is 92.7 Å². The molecule has 3 N–H and O–H groups in total. The predicted octanol–water partition coefficient (Wildman–Crippen LogP) is 5.32. The van der Waals surface area contributed by atoms with Crippen LogP contribution in [-0.4, -0.2) is 29.7 Å². The van der Waals surface area contributed by atoms with Crippen molar-refractivity contribution in [3.63, 3.8) is 0 Å². The van der Waals surface area contributed by atoms with E-state index < -0.39 is 0 Å². The van der Waals surface area contributed by atoms with Crippen molar-refractivity contribution in [2.24, 2.45) is 0 Å². The first-order valence-corrected chi connectivity index (χ1v) is 12.6. The van der Waals surface area contributed by atoms with Crippen LogP contribution in [0.25, 0.3) is 11.1 Å². The van der Waals surface area contributed by atoms with Gasteiger partial charge in [0.1, 0.15) is 5.75 Å². The Labute approximate surface area is 213 Å². The number of amides is 1. The lowest BCUT2D eigenvalue weighted by atomic mass is 9.91. The lowest BCUT2D eigenvalue weighted by Gasteiger charge is -2.28. The molecule has 0 aliphatic carbocycles. The van der Waals surface area contributed by atoms with Crippen molar-refractivity contribution in [2.75, 3.05) is 19.0 Å². The van der Waals surface area contributed by atoms with Gasteiger partial charge in [-0.3, -0.25) is 4.79 Å². The number of carbonyl (C=O) groups excluding carboxylic acids is 1. The molecule has 7 nitrogen and oxygen atoms in total. The number of fused-ring (bicyclic) bond motifs is 1. The molecule has 184 valence electrons. The van der Waals surface area contributed by atoms with Gasteiger partial charge in [0.05, 0.1) is 13.7 Å². The molecule has 4 aromatic rings. The minimum atomic E-state index is -0.133. The molecule has 0 bridgehead atoms. The monoisotopic (exact) mass is 501 g/mol. The quantitative estimate of drug-likeness (QED) is 0.303. The van der Waals surface area contributed by atoms with E-state index in [0.717, 1.165) is 40.8 Å². The van der Waals surface area contributed by atoms with E-state index >= 15 is 0 Å². The third-order valence-corrected chi connectivity index (χ3v) is 6.89. The second kappa shape index (κ2) is 10.9. The predicted molar refractivity (Wildman–Crippen MR) is 141 cm³/mol. The number of ether oxygens (including phenoxy) is 2. The second-order valence-corrected chi connectivity index (χ2v) is 9.42. The highest BCUT2D eigenvalue weighted by Crippen LogP contribution is 2.39. The summed E-state index contributed by atoms with van der Waals surface area (Å²) in [6.07, 6.45) is 2.81. The van der Waals surface area contributed by atoms with Crippen LogP contribution in [0.2, 0.25) is 0 Å². The Balaban J connectivity index is 1.35. The maximum absolute atomic E-state index is 12.6. The first kappa shape index (κ1) is 24.0. The Morgan fingerprint density at radius 2 is 1.86 bits per heavy atom. The van der Waals surface area contributed by atoms with Crippen LogP contribution in [0, 0.1) is 0 Å². The van der Waals surface area contributed by atoms with Gasteiger partial charge in [0.25, 0.3) is 0 Å². The fourth-order valence-electron chi connectivity index (χ4n) is 4.36. The summed E-state index contributed by atoms with van der Waals surface area (Å²) in [5.74, 6) is 1.86. The second-order valence-electron chi connectivity index (χ2n) is 8.53. The van der Waals surface area contributed by atoms with Crippen LogP contribution in [0.1, 0.15) is 29.2 Å². The summed E-state index contributed by atoms with van der Waals surface area (Å²) in [7, 11) is 1.63. The van der Waals surface area contributed by atoms with Gasteiger partial charge in [0, 0.05) is 24.0 Å². The van der Waals surface area contributed by atoms with Gasteiger partial charge in [-0.05, 0) is 65.0 Å². The number of hydrogen-bond acceptors (Lipinski definition) is 7. The highest BCUT2D eigenvalue weighted by molar-refractivity contribution is 7.13. The molecule has 2 heterocycles. The van der Waals surface area contributed by atoms with E-state index in [1.165, 1.54) is 11.3 Å².